The van der Waals surface area contributed by atoms with Gasteiger partial charge >= 0.3 is 0 Å². The Hall–Kier alpha value is -0.346. The van der Waals surface area contributed by atoms with E-state index in [-0.39, 0.29) is 0 Å². The van der Waals surface area contributed by atoms with Gasteiger partial charge in [0.1, 0.15) is 0 Å². The highest BCUT2D eigenvalue weighted by Gasteiger charge is 2.17. The molecule has 0 heterocycles. The summed E-state index contributed by atoms with van der Waals surface area (Å²) >= 11 is 0. The van der Waals surface area contributed by atoms with Gasteiger partial charge in [0.05, 0.1) is 8.07 Å². The van der Waals surface area contributed by atoms with Gasteiger partial charge in [-0.25, -0.2) is 0 Å². The van der Waals surface area contributed by atoms with Crippen molar-refractivity contribution < 1.29 is 0 Å². The van der Waals surface area contributed by atoms with Gasteiger partial charge in [-0.15, -0.1) is 0 Å². The molecule has 0 atom stereocenters. The van der Waals surface area contributed by atoms with Crippen molar-refractivity contribution in [3.8, 4) is 0 Å². The van der Waals surface area contributed by atoms with E-state index in [0.717, 1.165) is 0 Å². The highest BCUT2D eigenvalue weighted by atomic mass is 28.3. The molecular weight excluding hydrogens is 188 g/mol. The maximum absolute atomic E-state index is 2.43. The first-order valence-electron chi connectivity index (χ1n) is 4.90. The van der Waals surface area contributed by atoms with Crippen LogP contribution in [-0.2, 0) is 0 Å². The highest BCUT2D eigenvalue weighted by Crippen LogP contribution is 2.06. The van der Waals surface area contributed by atoms with Crippen LogP contribution in [0.5, 0.6) is 0 Å². The van der Waals surface area contributed by atoms with E-state index in [2.05, 4.69) is 45.6 Å². The number of hydrogen-bond acceptors (Lipinski definition) is 0. The van der Waals surface area contributed by atoms with Crippen LogP contribution in [-0.4, -0.2) is 18.3 Å². The summed E-state index contributed by atoms with van der Waals surface area (Å²) in [6.07, 6.45) is 0. The molecule has 0 saturated carbocycles. The summed E-state index contributed by atoms with van der Waals surface area (Å²) in [5.74, 6) is 0. The van der Waals surface area contributed by atoms with Gasteiger partial charge in [-0.05, 0) is 25.0 Å². The number of benzene rings is 1. The molecule has 2 heteroatoms. The Morgan fingerprint density at radius 2 is 1.62 bits per heavy atom. The summed E-state index contributed by atoms with van der Waals surface area (Å²) in [4.78, 5) is 0. The molecule has 0 aliphatic rings. The Balaban J connectivity index is 3.29. The Morgan fingerprint density at radius 1 is 1.08 bits per heavy atom. The predicted octanol–water partition coefficient (Wildman–Crippen LogP) is 0.839. The second kappa shape index (κ2) is 3.42. The van der Waals surface area contributed by atoms with Gasteiger partial charge in [0.15, 0.2) is 0 Å². The first-order valence-corrected chi connectivity index (χ1v) is 9.40. The van der Waals surface area contributed by atoms with Crippen LogP contribution in [0, 0.1) is 13.8 Å². The lowest BCUT2D eigenvalue weighted by molar-refractivity contribution is 1.37. The largest absolute Gasteiger partial charge is 0.0775 e. The summed E-state index contributed by atoms with van der Waals surface area (Å²) in [7, 11) is 0.0824. The van der Waals surface area contributed by atoms with Crippen LogP contribution in [0.3, 0.4) is 0 Å². The van der Waals surface area contributed by atoms with Crippen molar-refractivity contribution in [1.82, 2.24) is 0 Å². The van der Waals surface area contributed by atoms with E-state index in [4.69, 9.17) is 0 Å². The summed E-state index contributed by atoms with van der Waals surface area (Å²) in [5, 5.41) is 3.19. The zero-order valence-electron chi connectivity index (χ0n) is 9.65. The average molecular weight is 208 g/mol. The zero-order chi connectivity index (χ0) is 10.2. The second-order valence-corrected chi connectivity index (χ2v) is 11.1. The Bertz CT molecular complexity index is 298. The van der Waals surface area contributed by atoms with Crippen molar-refractivity contribution in [2.45, 2.75) is 33.5 Å². The molecule has 0 radical (unpaired) electrons. The number of rotatable bonds is 1. The number of hydrogen-bond donors (Lipinski definition) is 0. The SMILES string of the molecule is Cc1cc([Si](C)(C)C)cc([SiH3])c1C. The Morgan fingerprint density at radius 3 is 2.00 bits per heavy atom. The minimum absolute atomic E-state index is 1.10. The third-order valence-electron chi connectivity index (χ3n) is 2.79. The second-order valence-electron chi connectivity index (χ2n) is 4.99. The molecule has 0 aromatic heterocycles. The maximum Gasteiger partial charge on any atom is 0.0775 e. The van der Waals surface area contributed by atoms with E-state index in [1.165, 1.54) is 21.4 Å². The van der Waals surface area contributed by atoms with Crippen molar-refractivity contribution in [1.29, 1.82) is 0 Å². The van der Waals surface area contributed by atoms with Gasteiger partial charge in [-0.3, -0.25) is 0 Å². The van der Waals surface area contributed by atoms with Gasteiger partial charge < -0.3 is 0 Å². The van der Waals surface area contributed by atoms with Crippen LogP contribution >= 0.6 is 0 Å². The fourth-order valence-corrected chi connectivity index (χ4v) is 3.76. The van der Waals surface area contributed by atoms with Gasteiger partial charge in [0, 0.05) is 10.2 Å². The topological polar surface area (TPSA) is 0 Å². The highest BCUT2D eigenvalue weighted by molar-refractivity contribution is 6.88. The smallest absolute Gasteiger partial charge is 0.0678 e. The van der Waals surface area contributed by atoms with E-state index < -0.39 is 8.07 Å². The lowest BCUT2D eigenvalue weighted by Gasteiger charge is -2.19. The molecule has 72 valence electrons. The van der Waals surface area contributed by atoms with E-state index in [9.17, 15) is 0 Å². The molecule has 13 heavy (non-hydrogen) atoms. The Labute approximate surface area is 85.8 Å². The molecule has 0 spiro atoms. The fraction of sp³-hybridized carbons (Fsp3) is 0.455. The summed E-state index contributed by atoms with van der Waals surface area (Å²) in [6, 6.07) is 4.82. The van der Waals surface area contributed by atoms with Crippen molar-refractivity contribution >= 4 is 28.7 Å². The number of aryl methyl sites for hydroxylation is 1. The summed E-state index contributed by atoms with van der Waals surface area (Å²) in [6.45, 7) is 11.7. The van der Waals surface area contributed by atoms with Crippen LogP contribution in [0.4, 0.5) is 0 Å². The quantitative estimate of drug-likeness (QED) is 0.600. The minimum atomic E-state index is -1.10. The van der Waals surface area contributed by atoms with Gasteiger partial charge in [-0.2, -0.15) is 0 Å². The fourth-order valence-electron chi connectivity index (χ4n) is 1.47. The normalized spacial score (nSPS) is 12.1. The molecule has 1 aromatic rings. The molecule has 1 rings (SSSR count). The van der Waals surface area contributed by atoms with Crippen LogP contribution in [0.15, 0.2) is 12.1 Å². The molecule has 0 nitrogen and oxygen atoms in total. The van der Waals surface area contributed by atoms with Crippen molar-refractivity contribution in [2.75, 3.05) is 0 Å². The molecule has 0 unspecified atom stereocenters. The van der Waals surface area contributed by atoms with Crippen molar-refractivity contribution in [2.24, 2.45) is 0 Å². The molecule has 0 saturated heterocycles. The van der Waals surface area contributed by atoms with Gasteiger partial charge in [0.2, 0.25) is 0 Å². The first-order chi connectivity index (χ1) is 5.82. The van der Waals surface area contributed by atoms with Crippen molar-refractivity contribution in [3.05, 3.63) is 23.3 Å². The molecular formula is C11H20Si2. The minimum Gasteiger partial charge on any atom is -0.0678 e. The standard InChI is InChI=1S/C11H20Si2/c1-8-6-10(13(3,4)5)7-11(12)9(8)2/h6-7H,1-5,12H3. The predicted molar refractivity (Wildman–Crippen MR) is 68.5 cm³/mol. The molecule has 1 aromatic carbocycles. The molecule has 0 aliphatic heterocycles. The third-order valence-corrected chi connectivity index (χ3v) is 5.85. The molecule has 0 aliphatic carbocycles. The van der Waals surface area contributed by atoms with E-state index in [1.54, 1.807) is 10.4 Å². The summed E-state index contributed by atoms with van der Waals surface area (Å²) in [5.41, 5.74) is 2.98. The van der Waals surface area contributed by atoms with Gasteiger partial charge in [-0.1, -0.05) is 42.1 Å². The average Bonchev–Trinajstić information content (AvgIpc) is 1.97. The monoisotopic (exact) mass is 208 g/mol. The van der Waals surface area contributed by atoms with Crippen LogP contribution in [0.2, 0.25) is 19.6 Å². The van der Waals surface area contributed by atoms with E-state index >= 15 is 0 Å². The maximum atomic E-state index is 2.43. The zero-order valence-corrected chi connectivity index (χ0v) is 12.7. The van der Waals surface area contributed by atoms with Crippen LogP contribution in [0.1, 0.15) is 11.1 Å². The van der Waals surface area contributed by atoms with E-state index in [0.29, 0.717) is 0 Å². The molecule has 0 fully saturated rings. The molecule has 0 N–H and O–H groups in total. The summed E-state index contributed by atoms with van der Waals surface area (Å²) < 4.78 is 0. The lowest BCUT2D eigenvalue weighted by Crippen LogP contribution is -2.40. The first kappa shape index (κ1) is 10.7. The lowest BCUT2D eigenvalue weighted by atomic mass is 10.1. The van der Waals surface area contributed by atoms with Crippen LogP contribution in [0.25, 0.3) is 0 Å². The molecule has 0 amide bonds. The third kappa shape index (κ3) is 2.32. The van der Waals surface area contributed by atoms with E-state index in [1.807, 2.05) is 0 Å². The van der Waals surface area contributed by atoms with Crippen LogP contribution < -0.4 is 10.4 Å². The molecule has 0 bridgehead atoms. The van der Waals surface area contributed by atoms with Crippen molar-refractivity contribution in [3.63, 3.8) is 0 Å². The van der Waals surface area contributed by atoms with Gasteiger partial charge in [0.25, 0.3) is 0 Å². The Kier molecular flexibility index (Phi) is 2.83.